The number of Topliss-reactive ketones (excluding diaryl/α,β-unsaturated/α-hetero) is 1. The van der Waals surface area contributed by atoms with E-state index in [1.54, 1.807) is 4.90 Å². The number of hydrogen-bond acceptors (Lipinski definition) is 6. The van der Waals surface area contributed by atoms with E-state index >= 15 is 0 Å². The number of nitrogens with zero attached hydrogens (tertiary/aromatic N) is 1. The van der Waals surface area contributed by atoms with E-state index in [4.69, 9.17) is 10.5 Å². The minimum atomic E-state index is -1.10. The van der Waals surface area contributed by atoms with Crippen LogP contribution < -0.4 is 16.4 Å². The largest absolute Gasteiger partial charge is 0.443 e. The van der Waals surface area contributed by atoms with Crippen LogP contribution in [0.5, 0.6) is 0 Å². The third-order valence-corrected chi connectivity index (χ3v) is 10.9. The summed E-state index contributed by atoms with van der Waals surface area (Å²) < 4.78 is 6.17. The van der Waals surface area contributed by atoms with E-state index < -0.39 is 52.8 Å². The fraction of sp³-hybridized carbons (Fsp3) is 0.839. The molecule has 1 saturated heterocycles. The maximum absolute atomic E-state index is 14.2. The Hall–Kier alpha value is -2.65. The molecule has 6 fully saturated rings. The number of likely N-dealkylation sites (tertiary alicyclic amines) is 1. The predicted octanol–water partition coefficient (Wildman–Crippen LogP) is 2.92. The molecule has 5 aliphatic carbocycles. The highest BCUT2D eigenvalue weighted by molar-refractivity contribution is 6.37. The van der Waals surface area contributed by atoms with E-state index in [1.807, 2.05) is 27.7 Å². The number of nitrogens with two attached hydrogens (primary N) is 1. The number of ketones is 1. The summed E-state index contributed by atoms with van der Waals surface area (Å²) in [4.78, 5) is 66.8. The molecule has 6 aliphatic rings. The highest BCUT2D eigenvalue weighted by atomic mass is 16.6. The number of carbonyl (C=O) groups is 5. The molecule has 228 valence electrons. The smallest absolute Gasteiger partial charge is 0.408 e. The molecular weight excluding hydrogens is 524 g/mol. The summed E-state index contributed by atoms with van der Waals surface area (Å²) >= 11 is 0. The molecule has 0 spiro atoms. The molecule has 5 saturated carbocycles. The Morgan fingerprint density at radius 3 is 2.02 bits per heavy atom. The second-order valence-electron chi connectivity index (χ2n) is 15.4. The monoisotopic (exact) mass is 572 g/mol. The van der Waals surface area contributed by atoms with Crippen molar-refractivity contribution >= 4 is 29.6 Å². The third kappa shape index (κ3) is 5.47. The molecule has 10 nitrogen and oxygen atoms in total. The lowest BCUT2D eigenvalue weighted by molar-refractivity contribution is -0.146. The first-order valence-corrected chi connectivity index (χ1v) is 15.5. The summed E-state index contributed by atoms with van der Waals surface area (Å²) in [5, 5.41) is 5.64. The average molecular weight is 573 g/mol. The number of hydrogen-bond donors (Lipinski definition) is 3. The van der Waals surface area contributed by atoms with Crippen molar-refractivity contribution in [2.24, 2.45) is 46.2 Å². The Labute approximate surface area is 243 Å². The van der Waals surface area contributed by atoms with Gasteiger partial charge in [0.2, 0.25) is 17.6 Å². The van der Waals surface area contributed by atoms with Crippen molar-refractivity contribution in [3.63, 3.8) is 0 Å². The lowest BCUT2D eigenvalue weighted by Gasteiger charge is -2.55. The van der Waals surface area contributed by atoms with Gasteiger partial charge in [-0.1, -0.05) is 48.0 Å². The first-order chi connectivity index (χ1) is 19.1. The standard InChI is InChI=1S/C31H48N4O6/c1-7-8-20(23(36)25(32)37)33-26(38)22-21-19(30(21,5)6)15-35(22)27(39)24(29(2,3)4)34-28(40)41-31-12-16-9-17(13-31)11-18(10-16)14-31/h16-22,24H,7-15H2,1-6H3,(H2,32,37)(H,33,38)(H,34,40)/t16?,17?,18?,19-,20?,21-,22-,24+,31?/m0/s1. The van der Waals surface area contributed by atoms with Crippen LogP contribution in [-0.4, -0.2) is 64.8 Å². The molecule has 1 aliphatic heterocycles. The van der Waals surface area contributed by atoms with Gasteiger partial charge in [0.05, 0.1) is 6.04 Å². The number of primary amides is 1. The van der Waals surface area contributed by atoms with Crippen molar-refractivity contribution in [2.75, 3.05) is 6.54 Å². The minimum Gasteiger partial charge on any atom is -0.443 e. The molecule has 10 heteroatoms. The van der Waals surface area contributed by atoms with Crippen LogP contribution >= 0.6 is 0 Å². The lowest BCUT2D eigenvalue weighted by atomic mass is 9.54. The van der Waals surface area contributed by atoms with Crippen LogP contribution in [0.25, 0.3) is 0 Å². The highest BCUT2D eigenvalue weighted by Crippen LogP contribution is 2.65. The van der Waals surface area contributed by atoms with Crippen molar-refractivity contribution in [3.8, 4) is 0 Å². The summed E-state index contributed by atoms with van der Waals surface area (Å²) in [5.74, 6) is -0.852. The second-order valence-corrected chi connectivity index (χ2v) is 15.4. The number of piperidine rings is 1. The number of fused-ring (bicyclic) bond motifs is 1. The molecule has 0 radical (unpaired) electrons. The van der Waals surface area contributed by atoms with Gasteiger partial charge in [-0.3, -0.25) is 19.2 Å². The minimum absolute atomic E-state index is 0.0861. The van der Waals surface area contributed by atoms with Gasteiger partial charge in [0.15, 0.2) is 0 Å². The van der Waals surface area contributed by atoms with E-state index in [0.717, 1.165) is 19.3 Å². The van der Waals surface area contributed by atoms with Crippen LogP contribution in [0.2, 0.25) is 0 Å². The normalized spacial score (nSPS) is 35.7. The fourth-order valence-electron chi connectivity index (χ4n) is 9.11. The Bertz CT molecular complexity index is 1090. The molecule has 0 aromatic heterocycles. The van der Waals surface area contributed by atoms with Gasteiger partial charge in [0, 0.05) is 6.54 Å². The zero-order valence-electron chi connectivity index (χ0n) is 25.5. The average Bonchev–Trinajstić information content (AvgIpc) is 3.18. The third-order valence-electron chi connectivity index (χ3n) is 10.9. The number of ether oxygens (including phenoxy) is 1. The van der Waals surface area contributed by atoms with Gasteiger partial charge in [-0.05, 0) is 85.4 Å². The van der Waals surface area contributed by atoms with Crippen LogP contribution in [0.3, 0.4) is 0 Å². The molecule has 1 heterocycles. The first-order valence-electron chi connectivity index (χ1n) is 15.5. The number of rotatable bonds is 9. The van der Waals surface area contributed by atoms with E-state index in [9.17, 15) is 24.0 Å². The fourth-order valence-corrected chi connectivity index (χ4v) is 9.11. The topological polar surface area (TPSA) is 148 Å². The van der Waals surface area contributed by atoms with Gasteiger partial charge < -0.3 is 26.0 Å². The van der Waals surface area contributed by atoms with Crippen LogP contribution in [0.1, 0.15) is 92.9 Å². The molecule has 0 aromatic rings. The Kier molecular flexibility index (Phi) is 7.47. The van der Waals surface area contributed by atoms with Crippen molar-refractivity contribution in [2.45, 2.75) is 117 Å². The van der Waals surface area contributed by atoms with Crippen LogP contribution in [-0.2, 0) is 23.9 Å². The highest BCUT2D eigenvalue weighted by Gasteiger charge is 2.70. The summed E-state index contributed by atoms with van der Waals surface area (Å²) in [6, 6.07) is -2.75. The van der Waals surface area contributed by atoms with Gasteiger partial charge in [0.1, 0.15) is 17.7 Å². The zero-order chi connectivity index (χ0) is 30.1. The Morgan fingerprint density at radius 1 is 0.976 bits per heavy atom. The first kappa shape index (κ1) is 29.8. The van der Waals surface area contributed by atoms with Gasteiger partial charge in [0.25, 0.3) is 5.91 Å². The van der Waals surface area contributed by atoms with Gasteiger partial charge in [-0.15, -0.1) is 0 Å². The van der Waals surface area contributed by atoms with Crippen LogP contribution in [0, 0.1) is 40.4 Å². The van der Waals surface area contributed by atoms with E-state index in [1.165, 1.54) is 19.3 Å². The van der Waals surface area contributed by atoms with E-state index in [0.29, 0.717) is 30.7 Å². The van der Waals surface area contributed by atoms with E-state index in [2.05, 4.69) is 24.5 Å². The molecule has 4 bridgehead atoms. The molecule has 1 unspecified atom stereocenters. The molecule has 0 aromatic carbocycles. The summed E-state index contributed by atoms with van der Waals surface area (Å²) in [6.07, 6.45) is 6.66. The molecule has 5 atom stereocenters. The second kappa shape index (κ2) is 10.3. The number of amides is 4. The maximum Gasteiger partial charge on any atom is 0.408 e. The molecule has 4 amide bonds. The lowest BCUT2D eigenvalue weighted by Crippen LogP contribution is -2.61. The number of carbonyl (C=O) groups excluding carboxylic acids is 5. The van der Waals surface area contributed by atoms with Crippen molar-refractivity contribution in [1.82, 2.24) is 15.5 Å². The summed E-state index contributed by atoms with van der Waals surface area (Å²) in [5.41, 5.74) is 4.01. The SMILES string of the molecule is CCCC(NC(=O)[C@@H]1[C@@H]2[C@H](CN1C(=O)[C@@H](NC(=O)OC13CC4CC(CC(C4)C1)C3)C(C)(C)C)C2(C)C)C(=O)C(N)=O. The predicted molar refractivity (Wildman–Crippen MR) is 151 cm³/mol. The van der Waals surface area contributed by atoms with Crippen LogP contribution in [0.15, 0.2) is 0 Å². The van der Waals surface area contributed by atoms with Crippen molar-refractivity contribution in [3.05, 3.63) is 0 Å². The zero-order valence-corrected chi connectivity index (χ0v) is 25.5. The van der Waals surface area contributed by atoms with Crippen molar-refractivity contribution in [1.29, 1.82) is 0 Å². The Balaban J connectivity index is 1.32. The van der Waals surface area contributed by atoms with E-state index in [-0.39, 0.29) is 29.6 Å². The van der Waals surface area contributed by atoms with Gasteiger partial charge in [-0.25, -0.2) is 4.79 Å². The van der Waals surface area contributed by atoms with Crippen LogP contribution in [0.4, 0.5) is 4.79 Å². The molecule has 41 heavy (non-hydrogen) atoms. The van der Waals surface area contributed by atoms with Gasteiger partial charge in [-0.2, -0.15) is 0 Å². The molecular formula is C31H48N4O6. The number of alkyl carbamates (subject to hydrolysis) is 1. The summed E-state index contributed by atoms with van der Waals surface area (Å²) in [6.45, 7) is 12.0. The maximum atomic E-state index is 14.2. The van der Waals surface area contributed by atoms with Gasteiger partial charge >= 0.3 is 6.09 Å². The quantitative estimate of drug-likeness (QED) is 0.362. The Morgan fingerprint density at radius 2 is 1.54 bits per heavy atom. The van der Waals surface area contributed by atoms with Crippen molar-refractivity contribution < 1.29 is 28.7 Å². The molecule has 6 rings (SSSR count). The molecule has 4 N–H and O–H groups in total. The summed E-state index contributed by atoms with van der Waals surface area (Å²) in [7, 11) is 0. The number of nitrogens with one attached hydrogen (secondary N) is 2.